The lowest BCUT2D eigenvalue weighted by atomic mass is 10.1. The van der Waals surface area contributed by atoms with E-state index in [0.29, 0.717) is 17.2 Å². The molecule has 196 valence electrons. The van der Waals surface area contributed by atoms with E-state index in [4.69, 9.17) is 22.9 Å². The zero-order valence-corrected chi connectivity index (χ0v) is 24.4. The average Bonchev–Trinajstić information content (AvgIpc) is 2.78. The molecule has 0 spiro atoms. The number of nitrogens with one attached hydrogen (secondary N) is 1. The molecule has 8 nitrogen and oxygen atoms in total. The van der Waals surface area contributed by atoms with E-state index in [2.05, 4.69) is 44.2 Å². The van der Waals surface area contributed by atoms with Gasteiger partial charge in [0.15, 0.2) is 17.2 Å². The molecule has 0 saturated carbocycles. The highest BCUT2D eigenvalue weighted by Gasteiger charge is 2.40. The minimum atomic E-state index is -3.38. The number of benzene rings is 1. The van der Waals surface area contributed by atoms with Crippen LogP contribution in [-0.2, 0) is 13.6 Å². The first-order valence-corrected chi connectivity index (χ1v) is 16.5. The highest BCUT2D eigenvalue weighted by atomic mass is 31.2. The van der Waals surface area contributed by atoms with E-state index >= 15 is 0 Å². The quantitative estimate of drug-likeness (QED) is 0.224. The van der Waals surface area contributed by atoms with Crippen LogP contribution in [0.25, 0.3) is 0 Å². The van der Waals surface area contributed by atoms with Gasteiger partial charge in [0.2, 0.25) is 0 Å². The molecular formula is C25H41N2O6PSi. The summed E-state index contributed by atoms with van der Waals surface area (Å²) in [5.41, 5.74) is 1.57. The van der Waals surface area contributed by atoms with Crippen LogP contribution in [0.4, 0.5) is 5.69 Å². The molecule has 2 rings (SSSR count). The summed E-state index contributed by atoms with van der Waals surface area (Å²) in [7, 11) is -2.35. The Hall–Kier alpha value is -2.06. The van der Waals surface area contributed by atoms with Crippen LogP contribution in [0.15, 0.2) is 36.7 Å². The van der Waals surface area contributed by atoms with Gasteiger partial charge in [-0.2, -0.15) is 0 Å². The molecule has 1 N–H and O–H groups in total. The molecule has 0 aliphatic rings. The summed E-state index contributed by atoms with van der Waals surface area (Å²) < 4.78 is 42.8. The highest BCUT2D eigenvalue weighted by molar-refractivity contribution is 7.53. The number of hydrogen-bond donors (Lipinski definition) is 1. The monoisotopic (exact) mass is 524 g/mol. The van der Waals surface area contributed by atoms with E-state index < -0.39 is 22.0 Å². The van der Waals surface area contributed by atoms with Gasteiger partial charge in [-0.05, 0) is 61.8 Å². The fourth-order valence-electron chi connectivity index (χ4n) is 3.25. The largest absolute Gasteiger partial charge is 0.539 e. The van der Waals surface area contributed by atoms with Gasteiger partial charge in [0.1, 0.15) is 0 Å². The second-order valence-electron chi connectivity index (χ2n) is 9.68. The number of rotatable bonds is 13. The van der Waals surface area contributed by atoms with E-state index in [1.165, 1.54) is 0 Å². The third-order valence-corrected chi connectivity index (χ3v) is 12.6. The number of hydrogen-bond acceptors (Lipinski definition) is 8. The molecule has 1 heterocycles. The normalized spacial score (nSPS) is 13.3. The zero-order valence-electron chi connectivity index (χ0n) is 22.5. The maximum Gasteiger partial charge on any atom is 0.333 e. The molecule has 0 bridgehead atoms. The van der Waals surface area contributed by atoms with Crippen molar-refractivity contribution >= 4 is 21.6 Å². The van der Waals surface area contributed by atoms with Crippen LogP contribution in [-0.4, -0.2) is 46.9 Å². The van der Waals surface area contributed by atoms with Gasteiger partial charge >= 0.3 is 7.60 Å². The fraction of sp³-hybridized carbons (Fsp3) is 0.560. The Morgan fingerprint density at radius 3 is 2.06 bits per heavy atom. The van der Waals surface area contributed by atoms with Gasteiger partial charge in [-0.1, -0.05) is 20.8 Å². The van der Waals surface area contributed by atoms with Crippen LogP contribution < -0.4 is 19.2 Å². The van der Waals surface area contributed by atoms with Crippen LogP contribution in [0.2, 0.25) is 18.1 Å². The third kappa shape index (κ3) is 7.71. The SMILES string of the molecule is CCOP(=O)(CC(Nc1cccnc1)c1cc(OC)c(O[Si](C)(C)C(C)(C)C)c(OC)c1)OCC. The summed E-state index contributed by atoms with van der Waals surface area (Å²) in [5, 5.41) is 3.42. The first-order valence-electron chi connectivity index (χ1n) is 11.9. The van der Waals surface area contributed by atoms with Crippen LogP contribution in [0.5, 0.6) is 17.2 Å². The van der Waals surface area contributed by atoms with Crippen LogP contribution in [0, 0.1) is 0 Å². The summed E-state index contributed by atoms with van der Waals surface area (Å²) in [5.74, 6) is 1.66. The Labute approximate surface area is 211 Å². The summed E-state index contributed by atoms with van der Waals surface area (Å²) in [6, 6.07) is 7.08. The predicted octanol–water partition coefficient (Wildman–Crippen LogP) is 6.90. The van der Waals surface area contributed by atoms with Gasteiger partial charge in [-0.25, -0.2) is 0 Å². The number of aromatic nitrogens is 1. The summed E-state index contributed by atoms with van der Waals surface area (Å²) in [4.78, 5) is 4.19. The number of methoxy groups -OCH3 is 2. The minimum Gasteiger partial charge on any atom is -0.539 e. The van der Waals surface area contributed by atoms with Gasteiger partial charge in [-0.15, -0.1) is 0 Å². The van der Waals surface area contributed by atoms with Gasteiger partial charge < -0.3 is 28.3 Å². The molecule has 0 aliphatic heterocycles. The smallest absolute Gasteiger partial charge is 0.333 e. The molecular weight excluding hydrogens is 483 g/mol. The molecule has 2 aromatic rings. The van der Waals surface area contributed by atoms with Gasteiger partial charge in [0.25, 0.3) is 8.32 Å². The Morgan fingerprint density at radius 2 is 1.63 bits per heavy atom. The van der Waals surface area contributed by atoms with Gasteiger partial charge in [0, 0.05) is 12.4 Å². The van der Waals surface area contributed by atoms with Crippen molar-refractivity contribution in [2.75, 3.05) is 38.9 Å². The minimum absolute atomic E-state index is 0.00623. The number of nitrogens with zero attached hydrogens (tertiary/aromatic N) is 1. The van der Waals surface area contributed by atoms with Crippen molar-refractivity contribution in [1.29, 1.82) is 0 Å². The van der Waals surface area contributed by atoms with E-state index in [0.717, 1.165) is 11.3 Å². The highest BCUT2D eigenvalue weighted by Crippen LogP contribution is 2.52. The van der Waals surface area contributed by atoms with E-state index in [-0.39, 0.29) is 24.4 Å². The second-order valence-corrected chi connectivity index (χ2v) is 16.5. The first-order chi connectivity index (χ1) is 16.4. The fourth-order valence-corrected chi connectivity index (χ4v) is 6.09. The van der Waals surface area contributed by atoms with Gasteiger partial charge in [0.05, 0.1) is 45.3 Å². The van der Waals surface area contributed by atoms with Crippen molar-refractivity contribution in [1.82, 2.24) is 4.98 Å². The molecule has 1 aromatic heterocycles. The Bertz CT molecular complexity index is 962. The Morgan fingerprint density at radius 1 is 1.06 bits per heavy atom. The number of anilines is 1. The lowest BCUT2D eigenvalue weighted by molar-refractivity contribution is 0.219. The molecule has 10 heteroatoms. The standard InChI is InChI=1S/C25H41N2O6PSi/c1-10-31-34(28,32-11-2)18-21(27-20-13-12-14-26-17-20)19-15-22(29-6)24(23(16-19)30-7)33-35(8,9)25(3,4)5/h12-17,21,27H,10-11,18H2,1-9H3. The predicted molar refractivity (Wildman–Crippen MR) is 144 cm³/mol. The molecule has 35 heavy (non-hydrogen) atoms. The molecule has 0 radical (unpaired) electrons. The van der Waals surface area contributed by atoms with Crippen molar-refractivity contribution < 1.29 is 27.5 Å². The van der Waals surface area contributed by atoms with Crippen molar-refractivity contribution in [3.8, 4) is 17.2 Å². The second kappa shape index (κ2) is 12.3. The van der Waals surface area contributed by atoms with Crippen LogP contribution >= 0.6 is 7.60 Å². The molecule has 0 fully saturated rings. The zero-order chi connectivity index (χ0) is 26.3. The lowest BCUT2D eigenvalue weighted by Gasteiger charge is -2.37. The van der Waals surface area contributed by atoms with Crippen molar-refractivity contribution in [3.63, 3.8) is 0 Å². The van der Waals surface area contributed by atoms with Crippen molar-refractivity contribution in [3.05, 3.63) is 42.2 Å². The van der Waals surface area contributed by atoms with Crippen LogP contribution in [0.1, 0.15) is 46.2 Å². The van der Waals surface area contributed by atoms with Crippen molar-refractivity contribution in [2.24, 2.45) is 0 Å². The molecule has 1 atom stereocenters. The van der Waals surface area contributed by atoms with E-state index in [1.54, 1.807) is 40.5 Å². The van der Waals surface area contributed by atoms with Crippen LogP contribution in [0.3, 0.4) is 0 Å². The number of ether oxygens (including phenoxy) is 2. The molecule has 0 amide bonds. The van der Waals surface area contributed by atoms with E-state index in [9.17, 15) is 4.57 Å². The maximum absolute atomic E-state index is 13.5. The lowest BCUT2D eigenvalue weighted by Crippen LogP contribution is -2.44. The van der Waals surface area contributed by atoms with Gasteiger partial charge in [-0.3, -0.25) is 9.55 Å². The summed E-state index contributed by atoms with van der Waals surface area (Å²) in [6.07, 6.45) is 3.52. The number of pyridine rings is 1. The van der Waals surface area contributed by atoms with Crippen molar-refractivity contribution in [2.45, 2.75) is 58.8 Å². The molecule has 1 aromatic carbocycles. The topological polar surface area (TPSA) is 88.1 Å². The summed E-state index contributed by atoms with van der Waals surface area (Å²) >= 11 is 0. The first kappa shape index (κ1) is 29.2. The third-order valence-electron chi connectivity index (χ3n) is 6.11. The molecule has 1 unspecified atom stereocenters. The Balaban J connectivity index is 2.58. The van der Waals surface area contributed by atoms with E-state index in [1.807, 2.05) is 24.3 Å². The summed E-state index contributed by atoms with van der Waals surface area (Å²) in [6.45, 7) is 15.0. The molecule has 0 aliphatic carbocycles. The average molecular weight is 525 g/mol. The maximum atomic E-state index is 13.5. The Kier molecular flexibility index (Phi) is 10.2. The molecule has 0 saturated heterocycles.